The molecule has 2 amide bonds. The molecule has 0 unspecified atom stereocenters. The molecule has 0 atom stereocenters. The molecule has 0 aliphatic carbocycles. The summed E-state index contributed by atoms with van der Waals surface area (Å²) in [6, 6.07) is 11.2. The predicted molar refractivity (Wildman–Crippen MR) is 125 cm³/mol. The van der Waals surface area contributed by atoms with Crippen molar-refractivity contribution in [1.29, 1.82) is 0 Å². The lowest BCUT2D eigenvalue weighted by atomic mass is 10.2. The van der Waals surface area contributed by atoms with Crippen molar-refractivity contribution in [2.45, 2.75) is 20.3 Å². The Morgan fingerprint density at radius 3 is 2.30 bits per heavy atom. The molecule has 0 aliphatic rings. The molecule has 0 radical (unpaired) electrons. The summed E-state index contributed by atoms with van der Waals surface area (Å²) in [6.45, 7) is 3.48. The zero-order chi connectivity index (χ0) is 22.1. The Balaban J connectivity index is 1.69. The van der Waals surface area contributed by atoms with Gasteiger partial charge in [-0.3, -0.25) is 25.8 Å². The number of carbonyl (C=O) groups excluding carboxylic acids is 2. The van der Waals surface area contributed by atoms with Gasteiger partial charge in [-0.2, -0.15) is 0 Å². The zero-order valence-corrected chi connectivity index (χ0v) is 20.4. The molecule has 3 N–H and O–H groups in total. The van der Waals surface area contributed by atoms with Crippen molar-refractivity contribution in [3.05, 3.63) is 56.5 Å². The third-order valence-electron chi connectivity index (χ3n) is 3.81. The summed E-state index contributed by atoms with van der Waals surface area (Å²) in [6.07, 6.45) is 0.928. The van der Waals surface area contributed by atoms with E-state index in [2.05, 4.69) is 55.0 Å². The normalized spacial score (nSPS) is 10.1. The van der Waals surface area contributed by atoms with Gasteiger partial charge in [0, 0.05) is 4.47 Å². The third kappa shape index (κ3) is 7.92. The lowest BCUT2D eigenvalue weighted by molar-refractivity contribution is -0.124. The fourth-order valence-corrected chi connectivity index (χ4v) is 4.05. The molecule has 0 saturated heterocycles. The fourth-order valence-electron chi connectivity index (χ4n) is 2.34. The van der Waals surface area contributed by atoms with Crippen LogP contribution in [0.5, 0.6) is 11.5 Å². The molecule has 10 heteroatoms. The summed E-state index contributed by atoms with van der Waals surface area (Å²) in [7, 11) is 0. The minimum absolute atomic E-state index is 0.0562. The number of aryl methyl sites for hydroxylation is 2. The van der Waals surface area contributed by atoms with Gasteiger partial charge in [0.25, 0.3) is 11.8 Å². The topological polar surface area (TPSA) is 88.7 Å². The summed E-state index contributed by atoms with van der Waals surface area (Å²) in [5.41, 5.74) is 6.85. The summed E-state index contributed by atoms with van der Waals surface area (Å²) < 4.78 is 12.5. The van der Waals surface area contributed by atoms with Gasteiger partial charge in [0.1, 0.15) is 11.5 Å². The molecule has 7 nitrogen and oxygen atoms in total. The van der Waals surface area contributed by atoms with Crippen LogP contribution >= 0.6 is 44.1 Å². The molecule has 2 aromatic rings. The number of hydrogen-bond donors (Lipinski definition) is 3. The van der Waals surface area contributed by atoms with Crippen LogP contribution in [0.25, 0.3) is 0 Å². The average Bonchev–Trinajstić information content (AvgIpc) is 2.70. The number of rotatable bonds is 7. The van der Waals surface area contributed by atoms with Crippen molar-refractivity contribution < 1.29 is 19.1 Å². The van der Waals surface area contributed by atoms with Gasteiger partial charge < -0.3 is 9.47 Å². The van der Waals surface area contributed by atoms with Crippen LogP contribution in [0.4, 0.5) is 0 Å². The Morgan fingerprint density at radius 2 is 1.67 bits per heavy atom. The van der Waals surface area contributed by atoms with Crippen molar-refractivity contribution in [3.63, 3.8) is 0 Å². The second-order valence-corrected chi connectivity index (χ2v) is 8.34. The molecule has 2 aromatic carbocycles. The van der Waals surface area contributed by atoms with E-state index in [1.807, 2.05) is 31.2 Å². The summed E-state index contributed by atoms with van der Waals surface area (Å²) >= 11 is 11.8. The Labute approximate surface area is 197 Å². The zero-order valence-electron chi connectivity index (χ0n) is 16.4. The van der Waals surface area contributed by atoms with Crippen LogP contribution in [0.2, 0.25) is 0 Å². The van der Waals surface area contributed by atoms with Crippen LogP contribution in [0.3, 0.4) is 0 Å². The first kappa shape index (κ1) is 24.1. The monoisotopic (exact) mass is 557 g/mol. The number of thiocarbonyl (C=S) groups is 1. The van der Waals surface area contributed by atoms with E-state index >= 15 is 0 Å². The molecular weight excluding hydrogens is 538 g/mol. The first-order chi connectivity index (χ1) is 14.3. The first-order valence-electron chi connectivity index (χ1n) is 8.97. The summed E-state index contributed by atoms with van der Waals surface area (Å²) in [5, 5.41) is 2.36. The number of hydrazine groups is 1. The maximum Gasteiger partial charge on any atom is 0.276 e. The van der Waals surface area contributed by atoms with Gasteiger partial charge in [0.2, 0.25) is 0 Å². The SMILES string of the molecule is CCc1ccc(OCC(=O)NC(=S)NNC(=O)COc2c(C)cc(Br)cc2Br)cc1. The van der Waals surface area contributed by atoms with E-state index in [1.165, 1.54) is 5.56 Å². The second kappa shape index (κ2) is 11.9. The number of ether oxygens (including phenoxy) is 2. The largest absolute Gasteiger partial charge is 0.484 e. The number of hydrogen-bond acceptors (Lipinski definition) is 5. The minimum Gasteiger partial charge on any atom is -0.484 e. The van der Waals surface area contributed by atoms with Crippen LogP contribution in [0.15, 0.2) is 45.3 Å². The van der Waals surface area contributed by atoms with E-state index < -0.39 is 11.8 Å². The van der Waals surface area contributed by atoms with Gasteiger partial charge in [-0.15, -0.1) is 0 Å². The molecule has 0 aromatic heterocycles. The molecular formula is C20H21Br2N3O4S. The average molecular weight is 559 g/mol. The van der Waals surface area contributed by atoms with Crippen LogP contribution < -0.4 is 25.6 Å². The number of amides is 2. The van der Waals surface area contributed by atoms with Gasteiger partial charge in [0.15, 0.2) is 18.3 Å². The van der Waals surface area contributed by atoms with E-state index in [0.717, 1.165) is 20.9 Å². The third-order valence-corrected chi connectivity index (χ3v) is 5.06. The van der Waals surface area contributed by atoms with Crippen molar-refractivity contribution in [2.24, 2.45) is 0 Å². The molecule has 0 bridgehead atoms. The standard InChI is InChI=1S/C20H21Br2N3O4S/c1-3-13-4-6-15(7-5-13)28-10-17(26)23-20(30)25-24-18(27)11-29-19-12(2)8-14(21)9-16(19)22/h4-9H,3,10-11H2,1-2H3,(H,24,27)(H2,23,25,26,30). The Kier molecular flexibility index (Phi) is 9.54. The highest BCUT2D eigenvalue weighted by molar-refractivity contribution is 9.11. The van der Waals surface area contributed by atoms with Gasteiger partial charge >= 0.3 is 0 Å². The predicted octanol–water partition coefficient (Wildman–Crippen LogP) is 3.56. The molecule has 0 aliphatic heterocycles. The highest BCUT2D eigenvalue weighted by Gasteiger charge is 2.11. The molecule has 160 valence electrons. The number of nitrogens with one attached hydrogen (secondary N) is 3. The molecule has 2 rings (SSSR count). The minimum atomic E-state index is -0.465. The van der Waals surface area contributed by atoms with E-state index in [9.17, 15) is 9.59 Å². The van der Waals surface area contributed by atoms with Gasteiger partial charge in [-0.05, 0) is 76.9 Å². The smallest absolute Gasteiger partial charge is 0.276 e. The van der Waals surface area contributed by atoms with Gasteiger partial charge in [-0.1, -0.05) is 35.0 Å². The van der Waals surface area contributed by atoms with Crippen LogP contribution in [-0.2, 0) is 16.0 Å². The van der Waals surface area contributed by atoms with Gasteiger partial charge in [0.05, 0.1) is 4.47 Å². The second-order valence-electron chi connectivity index (χ2n) is 6.16. The van der Waals surface area contributed by atoms with E-state index in [1.54, 1.807) is 12.1 Å². The van der Waals surface area contributed by atoms with Crippen molar-refractivity contribution >= 4 is 61.0 Å². The van der Waals surface area contributed by atoms with Gasteiger partial charge in [-0.25, -0.2) is 0 Å². The van der Waals surface area contributed by atoms with Crippen LogP contribution in [0.1, 0.15) is 18.1 Å². The first-order valence-corrected chi connectivity index (χ1v) is 11.0. The highest BCUT2D eigenvalue weighted by Crippen LogP contribution is 2.32. The molecule has 0 spiro atoms. The quantitative estimate of drug-likeness (QED) is 0.356. The molecule has 0 fully saturated rings. The lowest BCUT2D eigenvalue weighted by Crippen LogP contribution is -2.50. The summed E-state index contributed by atoms with van der Waals surface area (Å²) in [5.74, 6) is 0.231. The molecule has 0 saturated carbocycles. The summed E-state index contributed by atoms with van der Waals surface area (Å²) in [4.78, 5) is 23.8. The number of halogens is 2. The Hall–Kier alpha value is -2.17. The molecule has 0 heterocycles. The van der Waals surface area contributed by atoms with Crippen molar-refractivity contribution in [2.75, 3.05) is 13.2 Å². The Morgan fingerprint density at radius 1 is 1.00 bits per heavy atom. The lowest BCUT2D eigenvalue weighted by Gasteiger charge is -2.13. The van der Waals surface area contributed by atoms with E-state index in [4.69, 9.17) is 21.7 Å². The maximum absolute atomic E-state index is 11.9. The number of carbonyl (C=O) groups is 2. The van der Waals surface area contributed by atoms with Crippen molar-refractivity contribution in [3.8, 4) is 11.5 Å². The highest BCUT2D eigenvalue weighted by atomic mass is 79.9. The van der Waals surface area contributed by atoms with Crippen LogP contribution in [0, 0.1) is 6.92 Å². The van der Waals surface area contributed by atoms with Crippen molar-refractivity contribution in [1.82, 2.24) is 16.2 Å². The molecule has 30 heavy (non-hydrogen) atoms. The van der Waals surface area contributed by atoms with E-state index in [0.29, 0.717) is 11.5 Å². The maximum atomic E-state index is 11.9. The Bertz CT molecular complexity index is 900. The van der Waals surface area contributed by atoms with E-state index in [-0.39, 0.29) is 18.3 Å². The van der Waals surface area contributed by atoms with Crippen LogP contribution in [-0.4, -0.2) is 30.1 Å². The fraction of sp³-hybridized carbons (Fsp3) is 0.250. The number of benzene rings is 2.